The van der Waals surface area contributed by atoms with Crippen molar-refractivity contribution in [3.8, 4) is 17.1 Å². The van der Waals surface area contributed by atoms with Crippen LogP contribution in [0.25, 0.3) is 17.4 Å². The van der Waals surface area contributed by atoms with Gasteiger partial charge in [-0.15, -0.1) is 11.8 Å². The van der Waals surface area contributed by atoms with Crippen molar-refractivity contribution in [2.24, 2.45) is 0 Å². The molecule has 0 bridgehead atoms. The van der Waals surface area contributed by atoms with Gasteiger partial charge in [0, 0.05) is 33.5 Å². The Kier molecular flexibility index (Phi) is 10.5. The molecule has 0 spiro atoms. The quantitative estimate of drug-likeness (QED) is 0.0989. The molecule has 0 atom stereocenters. The zero-order valence-corrected chi connectivity index (χ0v) is 25.3. The summed E-state index contributed by atoms with van der Waals surface area (Å²) in [5.41, 5.74) is 2.53. The van der Waals surface area contributed by atoms with Crippen molar-refractivity contribution in [2.45, 2.75) is 11.8 Å². The Hall–Kier alpha value is -5.54. The summed E-state index contributed by atoms with van der Waals surface area (Å²) in [4.78, 5) is 39.6. The minimum Gasteiger partial charge on any atom is -0.494 e. The van der Waals surface area contributed by atoms with Gasteiger partial charge < -0.3 is 25.1 Å². The largest absolute Gasteiger partial charge is 0.494 e. The molecule has 0 aliphatic heterocycles. The van der Waals surface area contributed by atoms with Crippen LogP contribution in [0, 0.1) is 0 Å². The van der Waals surface area contributed by atoms with E-state index in [1.54, 1.807) is 54.6 Å². The average molecular weight is 618 g/mol. The van der Waals surface area contributed by atoms with Gasteiger partial charge in [-0.05, 0) is 79.7 Å². The summed E-state index contributed by atoms with van der Waals surface area (Å²) in [6.45, 7) is 2.49. The summed E-state index contributed by atoms with van der Waals surface area (Å²) in [6.07, 6.45) is 1.50. The fourth-order valence-corrected chi connectivity index (χ4v) is 4.95. The Morgan fingerprint density at radius 1 is 0.756 bits per heavy atom. The molecule has 0 unspecified atom stereocenters. The number of thioether (sulfide) groups is 1. The molecular formula is C36H31N3O5S. The zero-order valence-electron chi connectivity index (χ0n) is 24.5. The van der Waals surface area contributed by atoms with E-state index in [1.165, 1.54) is 17.8 Å². The number of ether oxygens (including phenoxy) is 1. The minimum absolute atomic E-state index is 0.0160. The lowest BCUT2D eigenvalue weighted by atomic mass is 10.2. The molecule has 0 radical (unpaired) electrons. The Labute approximate surface area is 265 Å². The molecule has 0 aliphatic rings. The second kappa shape index (κ2) is 15.3. The summed E-state index contributed by atoms with van der Waals surface area (Å²) in [5.74, 6) is 0.912. The summed E-state index contributed by atoms with van der Waals surface area (Å²) in [5, 5.41) is 8.42. The highest BCUT2D eigenvalue weighted by atomic mass is 32.2. The van der Waals surface area contributed by atoms with Crippen LogP contribution in [0.1, 0.15) is 23.0 Å². The lowest BCUT2D eigenvalue weighted by Crippen LogP contribution is -2.30. The first kappa shape index (κ1) is 30.9. The lowest BCUT2D eigenvalue weighted by Gasteiger charge is -2.11. The van der Waals surface area contributed by atoms with Crippen LogP contribution in [0.2, 0.25) is 0 Å². The van der Waals surface area contributed by atoms with E-state index in [-0.39, 0.29) is 17.4 Å². The highest BCUT2D eigenvalue weighted by molar-refractivity contribution is 8.00. The third-order valence-electron chi connectivity index (χ3n) is 6.43. The summed E-state index contributed by atoms with van der Waals surface area (Å²) < 4.78 is 11.4. The van der Waals surface area contributed by atoms with Crippen LogP contribution in [-0.4, -0.2) is 30.1 Å². The third kappa shape index (κ3) is 8.98. The summed E-state index contributed by atoms with van der Waals surface area (Å²) in [6, 6.07) is 36.1. The van der Waals surface area contributed by atoms with Crippen molar-refractivity contribution >= 4 is 46.9 Å². The van der Waals surface area contributed by atoms with Crippen molar-refractivity contribution in [3.05, 3.63) is 138 Å². The van der Waals surface area contributed by atoms with Crippen LogP contribution in [-0.2, 0) is 9.59 Å². The standard InChI is InChI=1S/C36H31N3O5S/c1-2-43-29-17-13-27(14-18-29)37-34(40)24-45-31-20-15-28(16-21-31)38-36(42)32(39-35(41)26-11-7-4-8-12-26)23-30-19-22-33(44-30)25-9-5-3-6-10-25/h3-23H,2,24H2,1H3,(H,37,40)(H,38,42)(H,39,41)/b32-23-. The SMILES string of the molecule is CCOc1ccc(NC(=O)CSc2ccc(NC(=O)/C(=C/c3ccc(-c4ccccc4)o3)NC(=O)c3ccccc3)cc2)cc1. The van der Waals surface area contributed by atoms with Crippen LogP contribution in [0.5, 0.6) is 5.75 Å². The number of furan rings is 1. The number of hydrogen-bond donors (Lipinski definition) is 3. The molecule has 45 heavy (non-hydrogen) atoms. The lowest BCUT2D eigenvalue weighted by molar-refractivity contribution is -0.114. The second-order valence-corrected chi connectivity index (χ2v) is 10.8. The Morgan fingerprint density at radius 2 is 1.40 bits per heavy atom. The highest BCUT2D eigenvalue weighted by Crippen LogP contribution is 2.24. The van der Waals surface area contributed by atoms with Crippen molar-refractivity contribution in [2.75, 3.05) is 23.0 Å². The van der Waals surface area contributed by atoms with E-state index in [0.29, 0.717) is 35.1 Å². The predicted molar refractivity (Wildman–Crippen MR) is 178 cm³/mol. The Bertz CT molecular complexity index is 1770. The van der Waals surface area contributed by atoms with Gasteiger partial charge in [0.05, 0.1) is 12.4 Å². The number of benzene rings is 4. The molecular weight excluding hydrogens is 586 g/mol. The molecule has 0 saturated heterocycles. The van der Waals surface area contributed by atoms with Crippen molar-refractivity contribution in [3.63, 3.8) is 0 Å². The van der Waals surface area contributed by atoms with Crippen LogP contribution < -0.4 is 20.7 Å². The van der Waals surface area contributed by atoms with E-state index in [2.05, 4.69) is 16.0 Å². The van der Waals surface area contributed by atoms with Gasteiger partial charge in [0.15, 0.2) is 0 Å². The Morgan fingerprint density at radius 3 is 2.09 bits per heavy atom. The number of hydrogen-bond acceptors (Lipinski definition) is 6. The van der Waals surface area contributed by atoms with Gasteiger partial charge in [-0.3, -0.25) is 14.4 Å². The van der Waals surface area contributed by atoms with Crippen molar-refractivity contribution in [1.82, 2.24) is 5.32 Å². The monoisotopic (exact) mass is 617 g/mol. The van der Waals surface area contributed by atoms with Gasteiger partial charge >= 0.3 is 0 Å². The van der Waals surface area contributed by atoms with E-state index in [1.807, 2.05) is 73.7 Å². The molecule has 4 aromatic carbocycles. The number of anilines is 2. The Balaban J connectivity index is 1.23. The molecule has 5 aromatic rings. The molecule has 3 amide bonds. The van der Waals surface area contributed by atoms with Crippen LogP contribution in [0.3, 0.4) is 0 Å². The van der Waals surface area contributed by atoms with E-state index >= 15 is 0 Å². The van der Waals surface area contributed by atoms with Gasteiger partial charge in [-0.2, -0.15) is 0 Å². The number of rotatable bonds is 12. The van der Waals surface area contributed by atoms with E-state index in [0.717, 1.165) is 16.2 Å². The molecule has 0 aliphatic carbocycles. The number of carbonyl (C=O) groups excluding carboxylic acids is 3. The highest BCUT2D eigenvalue weighted by Gasteiger charge is 2.16. The first-order chi connectivity index (χ1) is 22.0. The fourth-order valence-electron chi connectivity index (χ4n) is 4.25. The number of nitrogens with one attached hydrogen (secondary N) is 3. The molecule has 1 aromatic heterocycles. The molecule has 0 fully saturated rings. The maximum Gasteiger partial charge on any atom is 0.272 e. The van der Waals surface area contributed by atoms with E-state index in [4.69, 9.17) is 9.15 Å². The number of amides is 3. The van der Waals surface area contributed by atoms with E-state index < -0.39 is 11.8 Å². The second-order valence-electron chi connectivity index (χ2n) is 9.72. The first-order valence-corrected chi connectivity index (χ1v) is 15.3. The third-order valence-corrected chi connectivity index (χ3v) is 7.44. The van der Waals surface area contributed by atoms with Crippen molar-refractivity contribution < 1.29 is 23.5 Å². The topological polar surface area (TPSA) is 110 Å². The van der Waals surface area contributed by atoms with Crippen molar-refractivity contribution in [1.29, 1.82) is 0 Å². The minimum atomic E-state index is -0.521. The molecule has 9 heteroatoms. The summed E-state index contributed by atoms with van der Waals surface area (Å²) >= 11 is 1.37. The van der Waals surface area contributed by atoms with Gasteiger partial charge in [0.2, 0.25) is 5.91 Å². The fraction of sp³-hybridized carbons (Fsp3) is 0.0833. The normalized spacial score (nSPS) is 11.0. The van der Waals surface area contributed by atoms with Gasteiger partial charge in [-0.1, -0.05) is 48.5 Å². The molecule has 0 saturated carbocycles. The molecule has 5 rings (SSSR count). The number of carbonyl (C=O) groups is 3. The molecule has 8 nitrogen and oxygen atoms in total. The molecule has 1 heterocycles. The first-order valence-electron chi connectivity index (χ1n) is 14.3. The smallest absolute Gasteiger partial charge is 0.272 e. The van der Waals surface area contributed by atoms with Crippen LogP contribution >= 0.6 is 11.8 Å². The van der Waals surface area contributed by atoms with E-state index in [9.17, 15) is 14.4 Å². The zero-order chi connectivity index (χ0) is 31.4. The summed E-state index contributed by atoms with van der Waals surface area (Å²) in [7, 11) is 0. The van der Waals surface area contributed by atoms with Gasteiger partial charge in [-0.25, -0.2) is 0 Å². The van der Waals surface area contributed by atoms with Gasteiger partial charge in [0.1, 0.15) is 23.0 Å². The maximum absolute atomic E-state index is 13.4. The molecule has 226 valence electrons. The average Bonchev–Trinajstić information content (AvgIpc) is 3.54. The van der Waals surface area contributed by atoms with Crippen LogP contribution in [0.4, 0.5) is 11.4 Å². The van der Waals surface area contributed by atoms with Crippen LogP contribution in [0.15, 0.2) is 136 Å². The maximum atomic E-state index is 13.4. The van der Waals surface area contributed by atoms with Gasteiger partial charge in [0.25, 0.3) is 11.8 Å². The molecule has 3 N–H and O–H groups in total. The predicted octanol–water partition coefficient (Wildman–Crippen LogP) is 7.49.